The van der Waals surface area contributed by atoms with E-state index in [0.717, 1.165) is 23.9 Å². The Hall–Kier alpha value is -3.14. The lowest BCUT2D eigenvalue weighted by Crippen LogP contribution is -2.44. The quantitative estimate of drug-likeness (QED) is 0.357. The van der Waals surface area contributed by atoms with Gasteiger partial charge in [-0.1, -0.05) is 6.07 Å². The number of ether oxygens (including phenoxy) is 1. The summed E-state index contributed by atoms with van der Waals surface area (Å²) in [6, 6.07) is 5.02. The first-order valence-electron chi connectivity index (χ1n) is 12.5. The van der Waals surface area contributed by atoms with E-state index in [1.54, 1.807) is 14.0 Å². The van der Waals surface area contributed by atoms with E-state index in [1.807, 2.05) is 39.0 Å². The molecule has 2 aromatic rings. The molecule has 0 radical (unpaired) electrons. The van der Waals surface area contributed by atoms with Gasteiger partial charge in [0.15, 0.2) is 0 Å². The number of aryl methyl sites for hydroxylation is 2. The van der Waals surface area contributed by atoms with Crippen molar-refractivity contribution in [3.05, 3.63) is 34.2 Å². The first-order chi connectivity index (χ1) is 16.8. The van der Waals surface area contributed by atoms with E-state index in [4.69, 9.17) is 4.74 Å². The van der Waals surface area contributed by atoms with Crippen molar-refractivity contribution in [2.24, 2.45) is 7.05 Å². The molecular formula is C26H38N4O6. The minimum atomic E-state index is -0.859. The summed E-state index contributed by atoms with van der Waals surface area (Å²) >= 11 is 0. The van der Waals surface area contributed by atoms with Crippen molar-refractivity contribution in [3.8, 4) is 0 Å². The van der Waals surface area contributed by atoms with Crippen LogP contribution < -0.4 is 16.3 Å². The number of aromatic nitrogens is 2. The number of nitrogens with one attached hydrogen (secondary N) is 2. The number of hydrogen-bond acceptors (Lipinski definition) is 6. The standard InChI is InChI=1S/C26H38N4O6/c1-25(2,3)36-23(33)27-15-7-14-26(4,35)13-6-8-17-9-10-18-20(16-17)29(5)24(34)30(18)19-11-12-21(31)28-22(19)32/h9-10,16,19,35H,6-8,11-15H2,1-5H3,(H,27,33)(H,28,31,32). The lowest BCUT2D eigenvalue weighted by atomic mass is 9.92. The molecule has 1 aliphatic heterocycles. The maximum Gasteiger partial charge on any atom is 0.407 e. The van der Waals surface area contributed by atoms with Gasteiger partial charge in [-0.3, -0.25) is 24.0 Å². The van der Waals surface area contributed by atoms with Crippen LogP contribution in [0.2, 0.25) is 0 Å². The molecule has 3 amide bonds. The predicted molar refractivity (Wildman–Crippen MR) is 136 cm³/mol. The number of alkyl carbamates (subject to hydrolysis) is 1. The normalized spacial score (nSPS) is 18.1. The maximum absolute atomic E-state index is 12.9. The minimum Gasteiger partial charge on any atom is -0.444 e. The molecule has 198 valence electrons. The number of nitrogens with zero attached hydrogens (tertiary/aromatic N) is 2. The summed E-state index contributed by atoms with van der Waals surface area (Å²) in [5.74, 6) is -0.768. The second-order valence-electron chi connectivity index (χ2n) is 10.9. The van der Waals surface area contributed by atoms with Gasteiger partial charge in [0.25, 0.3) is 0 Å². The van der Waals surface area contributed by atoms with Gasteiger partial charge in [-0.05, 0) is 83.9 Å². The molecule has 0 saturated carbocycles. The van der Waals surface area contributed by atoms with Crippen LogP contribution in [0, 0.1) is 0 Å². The average molecular weight is 503 g/mol. The molecule has 2 unspecified atom stereocenters. The van der Waals surface area contributed by atoms with E-state index >= 15 is 0 Å². The lowest BCUT2D eigenvalue weighted by molar-refractivity contribution is -0.135. The van der Waals surface area contributed by atoms with Gasteiger partial charge in [-0.2, -0.15) is 0 Å². The van der Waals surface area contributed by atoms with Crippen LogP contribution in [0.5, 0.6) is 0 Å². The topological polar surface area (TPSA) is 132 Å². The summed E-state index contributed by atoms with van der Waals surface area (Å²) in [5, 5.41) is 15.8. The number of aliphatic hydroxyl groups is 1. The first kappa shape index (κ1) is 27.4. The number of piperidine rings is 1. The van der Waals surface area contributed by atoms with Gasteiger partial charge in [0.1, 0.15) is 11.6 Å². The highest BCUT2D eigenvalue weighted by Gasteiger charge is 2.31. The van der Waals surface area contributed by atoms with E-state index in [-0.39, 0.29) is 18.0 Å². The number of carbonyl (C=O) groups is 3. The van der Waals surface area contributed by atoms with Gasteiger partial charge >= 0.3 is 11.8 Å². The molecule has 36 heavy (non-hydrogen) atoms. The zero-order chi connectivity index (χ0) is 26.7. The molecule has 3 N–H and O–H groups in total. The number of rotatable bonds is 9. The molecule has 1 saturated heterocycles. The highest BCUT2D eigenvalue weighted by atomic mass is 16.6. The van der Waals surface area contributed by atoms with Crippen molar-refractivity contribution in [1.82, 2.24) is 19.8 Å². The fourth-order valence-electron chi connectivity index (χ4n) is 4.57. The molecule has 10 nitrogen and oxygen atoms in total. The Kier molecular flexibility index (Phi) is 8.28. The first-order valence-corrected chi connectivity index (χ1v) is 12.5. The fourth-order valence-corrected chi connectivity index (χ4v) is 4.57. The molecule has 0 spiro atoms. The molecule has 1 aliphatic rings. The van der Waals surface area contributed by atoms with Gasteiger partial charge < -0.3 is 15.2 Å². The third kappa shape index (κ3) is 6.96. The summed E-state index contributed by atoms with van der Waals surface area (Å²) in [7, 11) is 1.67. The van der Waals surface area contributed by atoms with Crippen molar-refractivity contribution in [1.29, 1.82) is 0 Å². The number of imide groups is 1. The highest BCUT2D eigenvalue weighted by Crippen LogP contribution is 2.25. The van der Waals surface area contributed by atoms with E-state index in [0.29, 0.717) is 37.7 Å². The molecule has 0 aliphatic carbocycles. The molecule has 2 atom stereocenters. The van der Waals surface area contributed by atoms with Crippen LogP contribution in [0.3, 0.4) is 0 Å². The van der Waals surface area contributed by atoms with Crippen LogP contribution in [0.1, 0.15) is 77.8 Å². The summed E-state index contributed by atoms with van der Waals surface area (Å²) in [5.41, 5.74) is 0.716. The van der Waals surface area contributed by atoms with Gasteiger partial charge in [-0.15, -0.1) is 0 Å². The second kappa shape index (κ2) is 10.9. The monoisotopic (exact) mass is 502 g/mol. The molecule has 0 bridgehead atoms. The zero-order valence-corrected chi connectivity index (χ0v) is 21.8. The number of imidazole rings is 1. The van der Waals surface area contributed by atoms with E-state index in [1.165, 1.54) is 9.13 Å². The third-order valence-electron chi connectivity index (χ3n) is 6.42. The van der Waals surface area contributed by atoms with Crippen molar-refractivity contribution in [2.45, 2.75) is 89.9 Å². The third-order valence-corrected chi connectivity index (χ3v) is 6.42. The SMILES string of the molecule is Cn1c(=O)n(C2CCC(=O)NC2=O)c2ccc(CCCC(C)(O)CCCNC(=O)OC(C)(C)C)cc21. The smallest absolute Gasteiger partial charge is 0.407 e. The largest absolute Gasteiger partial charge is 0.444 e. The van der Waals surface area contributed by atoms with E-state index in [9.17, 15) is 24.3 Å². The average Bonchev–Trinajstić information content (AvgIpc) is 3.00. The Bertz CT molecular complexity index is 1190. The highest BCUT2D eigenvalue weighted by molar-refractivity contribution is 6.00. The molecular weight excluding hydrogens is 464 g/mol. The lowest BCUT2D eigenvalue weighted by Gasteiger charge is -2.24. The maximum atomic E-state index is 12.9. The summed E-state index contributed by atoms with van der Waals surface area (Å²) < 4.78 is 8.20. The van der Waals surface area contributed by atoms with Crippen LogP contribution in [0.25, 0.3) is 11.0 Å². The van der Waals surface area contributed by atoms with Crippen molar-refractivity contribution in [2.75, 3.05) is 6.54 Å². The predicted octanol–water partition coefficient (Wildman–Crippen LogP) is 2.70. The minimum absolute atomic E-state index is 0.203. The number of hydrogen-bond donors (Lipinski definition) is 3. The summed E-state index contributed by atoms with van der Waals surface area (Å²) in [6.45, 7) is 7.65. The van der Waals surface area contributed by atoms with Gasteiger partial charge in [0, 0.05) is 20.0 Å². The molecule has 10 heteroatoms. The van der Waals surface area contributed by atoms with Crippen LogP contribution in [0.4, 0.5) is 4.79 Å². The van der Waals surface area contributed by atoms with E-state index in [2.05, 4.69) is 10.6 Å². The number of fused-ring (bicyclic) bond motifs is 1. The van der Waals surface area contributed by atoms with Crippen molar-refractivity contribution in [3.63, 3.8) is 0 Å². The second-order valence-corrected chi connectivity index (χ2v) is 10.9. The Labute approximate surface area is 211 Å². The van der Waals surface area contributed by atoms with Crippen LogP contribution >= 0.6 is 0 Å². The number of amides is 3. The molecule has 2 heterocycles. The Morgan fingerprint density at radius 2 is 1.83 bits per heavy atom. The van der Waals surface area contributed by atoms with Gasteiger partial charge in [-0.25, -0.2) is 9.59 Å². The summed E-state index contributed by atoms with van der Waals surface area (Å²) in [4.78, 5) is 48.5. The molecule has 1 aromatic carbocycles. The Morgan fingerprint density at radius 1 is 1.14 bits per heavy atom. The van der Waals surface area contributed by atoms with E-state index < -0.39 is 29.2 Å². The van der Waals surface area contributed by atoms with Crippen molar-refractivity contribution >= 4 is 28.9 Å². The summed E-state index contributed by atoms with van der Waals surface area (Å²) in [6.07, 6.45) is 3.29. The number of benzene rings is 1. The zero-order valence-electron chi connectivity index (χ0n) is 21.8. The molecule has 3 rings (SSSR count). The van der Waals surface area contributed by atoms with Crippen molar-refractivity contribution < 1.29 is 24.2 Å². The number of carbonyl (C=O) groups excluding carboxylic acids is 3. The Balaban J connectivity index is 1.55. The Morgan fingerprint density at radius 3 is 2.50 bits per heavy atom. The molecule has 1 fully saturated rings. The van der Waals surface area contributed by atoms with Gasteiger partial charge in [0.2, 0.25) is 11.8 Å². The fraction of sp³-hybridized carbons (Fsp3) is 0.615. The van der Waals surface area contributed by atoms with Gasteiger partial charge in [0.05, 0.1) is 16.6 Å². The van der Waals surface area contributed by atoms with Crippen LogP contribution in [-0.2, 0) is 27.8 Å². The molecule has 1 aromatic heterocycles. The van der Waals surface area contributed by atoms with Crippen LogP contribution in [0.15, 0.2) is 23.0 Å². The van der Waals surface area contributed by atoms with Crippen LogP contribution in [-0.4, -0.2) is 49.9 Å².